The SMILES string of the molecule is C=CCOC[C@H]1OC(O)[C@H](O)[C@@H](OCC=C)[C@@H]1OCC=C. The van der Waals surface area contributed by atoms with Crippen molar-refractivity contribution < 1.29 is 29.2 Å². The van der Waals surface area contributed by atoms with Crippen LogP contribution < -0.4 is 0 Å². The van der Waals surface area contributed by atoms with Gasteiger partial charge in [0.1, 0.15) is 24.4 Å². The fourth-order valence-corrected chi connectivity index (χ4v) is 2.06. The van der Waals surface area contributed by atoms with Gasteiger partial charge >= 0.3 is 0 Å². The highest BCUT2D eigenvalue weighted by Crippen LogP contribution is 2.25. The molecular formula is C15H24O6. The molecule has 21 heavy (non-hydrogen) atoms. The summed E-state index contributed by atoms with van der Waals surface area (Å²) in [5.41, 5.74) is 0. The lowest BCUT2D eigenvalue weighted by Gasteiger charge is -2.42. The van der Waals surface area contributed by atoms with Gasteiger partial charge in [0.15, 0.2) is 6.29 Å². The van der Waals surface area contributed by atoms with E-state index in [1.54, 1.807) is 18.2 Å². The van der Waals surface area contributed by atoms with Crippen LogP contribution >= 0.6 is 0 Å². The van der Waals surface area contributed by atoms with Gasteiger partial charge in [0.2, 0.25) is 0 Å². The first-order chi connectivity index (χ1) is 10.2. The lowest BCUT2D eigenvalue weighted by molar-refractivity contribution is -0.300. The molecule has 1 heterocycles. The lowest BCUT2D eigenvalue weighted by Crippen LogP contribution is -2.60. The molecule has 0 aliphatic carbocycles. The van der Waals surface area contributed by atoms with E-state index >= 15 is 0 Å². The van der Waals surface area contributed by atoms with E-state index < -0.39 is 30.7 Å². The highest BCUT2D eigenvalue weighted by atomic mass is 16.7. The predicted octanol–water partition coefficient (Wildman–Crippen LogP) is 0.409. The van der Waals surface area contributed by atoms with Crippen LogP contribution in [0.25, 0.3) is 0 Å². The molecule has 0 bridgehead atoms. The Hall–Kier alpha value is -1.02. The third kappa shape index (κ3) is 5.35. The van der Waals surface area contributed by atoms with E-state index in [-0.39, 0.29) is 19.8 Å². The topological polar surface area (TPSA) is 77.4 Å². The second kappa shape index (κ2) is 9.83. The van der Waals surface area contributed by atoms with Gasteiger partial charge in [-0.15, -0.1) is 19.7 Å². The van der Waals surface area contributed by atoms with Crippen LogP contribution in [0.3, 0.4) is 0 Å². The van der Waals surface area contributed by atoms with Crippen LogP contribution in [0.5, 0.6) is 0 Å². The van der Waals surface area contributed by atoms with Gasteiger partial charge in [0, 0.05) is 0 Å². The predicted molar refractivity (Wildman–Crippen MR) is 77.8 cm³/mol. The molecule has 5 atom stereocenters. The zero-order valence-corrected chi connectivity index (χ0v) is 12.1. The Morgan fingerprint density at radius 3 is 2.05 bits per heavy atom. The molecule has 1 fully saturated rings. The standard InChI is InChI=1S/C15H24O6/c1-4-7-18-10-11-13(19-8-5-2)14(20-9-6-3)12(16)15(17)21-11/h4-6,11-17H,1-3,7-10H2/t11-,12-,13-,14-,15?/m1/s1. The third-order valence-corrected chi connectivity index (χ3v) is 2.96. The van der Waals surface area contributed by atoms with E-state index in [9.17, 15) is 10.2 Å². The molecule has 0 amide bonds. The Morgan fingerprint density at radius 1 is 0.905 bits per heavy atom. The van der Waals surface area contributed by atoms with Crippen LogP contribution in [-0.4, -0.2) is 67.3 Å². The lowest BCUT2D eigenvalue weighted by atomic mass is 9.98. The molecule has 1 saturated heterocycles. The molecule has 6 heteroatoms. The summed E-state index contributed by atoms with van der Waals surface area (Å²) < 4.78 is 21.8. The number of aliphatic hydroxyl groups excluding tert-OH is 2. The molecule has 0 saturated carbocycles. The van der Waals surface area contributed by atoms with Gasteiger partial charge < -0.3 is 29.2 Å². The summed E-state index contributed by atoms with van der Waals surface area (Å²) in [4.78, 5) is 0. The van der Waals surface area contributed by atoms with E-state index in [0.717, 1.165) is 0 Å². The summed E-state index contributed by atoms with van der Waals surface area (Å²) in [6.07, 6.45) is 0.273. The second-order valence-corrected chi connectivity index (χ2v) is 4.56. The quantitative estimate of drug-likeness (QED) is 0.449. The number of ether oxygens (including phenoxy) is 4. The van der Waals surface area contributed by atoms with Crippen molar-refractivity contribution in [1.29, 1.82) is 0 Å². The summed E-state index contributed by atoms with van der Waals surface area (Å²) >= 11 is 0. The summed E-state index contributed by atoms with van der Waals surface area (Å²) in [7, 11) is 0. The summed E-state index contributed by atoms with van der Waals surface area (Å²) in [6.45, 7) is 11.7. The molecular weight excluding hydrogens is 276 g/mol. The maximum absolute atomic E-state index is 10.0. The molecule has 6 nitrogen and oxygen atoms in total. The molecule has 0 radical (unpaired) electrons. The molecule has 0 aromatic carbocycles. The van der Waals surface area contributed by atoms with Crippen molar-refractivity contribution >= 4 is 0 Å². The monoisotopic (exact) mass is 300 g/mol. The molecule has 1 aliphatic heterocycles. The van der Waals surface area contributed by atoms with Gasteiger partial charge in [0.25, 0.3) is 0 Å². The number of hydrogen-bond donors (Lipinski definition) is 2. The second-order valence-electron chi connectivity index (χ2n) is 4.56. The minimum Gasteiger partial charge on any atom is -0.385 e. The maximum Gasteiger partial charge on any atom is 0.184 e. The fraction of sp³-hybridized carbons (Fsp3) is 0.600. The Balaban J connectivity index is 2.78. The average Bonchev–Trinajstić information content (AvgIpc) is 2.48. The number of aliphatic hydroxyl groups is 2. The van der Waals surface area contributed by atoms with Crippen LogP contribution in [0.15, 0.2) is 38.0 Å². The Labute approximate surface area is 125 Å². The Bertz CT molecular complexity index is 332. The zero-order chi connectivity index (χ0) is 15.7. The summed E-state index contributed by atoms with van der Waals surface area (Å²) in [5, 5.41) is 19.8. The average molecular weight is 300 g/mol. The highest BCUT2D eigenvalue weighted by molar-refractivity contribution is 4.92. The first kappa shape index (κ1) is 18.0. The van der Waals surface area contributed by atoms with Crippen molar-refractivity contribution in [3.63, 3.8) is 0 Å². The van der Waals surface area contributed by atoms with Crippen LogP contribution in [-0.2, 0) is 18.9 Å². The molecule has 0 aromatic heterocycles. The molecule has 0 spiro atoms. The third-order valence-electron chi connectivity index (χ3n) is 2.96. The minimum absolute atomic E-state index is 0.186. The Kier molecular flexibility index (Phi) is 8.44. The fourth-order valence-electron chi connectivity index (χ4n) is 2.06. The summed E-state index contributed by atoms with van der Waals surface area (Å²) in [5.74, 6) is 0. The van der Waals surface area contributed by atoms with Crippen LogP contribution in [0.1, 0.15) is 0 Å². The highest BCUT2D eigenvalue weighted by Gasteiger charge is 2.46. The van der Waals surface area contributed by atoms with Crippen LogP contribution in [0, 0.1) is 0 Å². The smallest absolute Gasteiger partial charge is 0.184 e. The van der Waals surface area contributed by atoms with Gasteiger partial charge in [-0.05, 0) is 0 Å². The van der Waals surface area contributed by atoms with Gasteiger partial charge in [0.05, 0.1) is 26.4 Å². The normalized spacial score (nSPS) is 32.6. The van der Waals surface area contributed by atoms with Crippen molar-refractivity contribution in [3.8, 4) is 0 Å². The van der Waals surface area contributed by atoms with Crippen molar-refractivity contribution in [1.82, 2.24) is 0 Å². The number of rotatable bonds is 10. The minimum atomic E-state index is -1.36. The van der Waals surface area contributed by atoms with Crippen molar-refractivity contribution in [2.45, 2.75) is 30.7 Å². The van der Waals surface area contributed by atoms with Crippen molar-refractivity contribution in [3.05, 3.63) is 38.0 Å². The van der Waals surface area contributed by atoms with Crippen LogP contribution in [0.4, 0.5) is 0 Å². The Morgan fingerprint density at radius 2 is 1.48 bits per heavy atom. The number of hydrogen-bond acceptors (Lipinski definition) is 6. The maximum atomic E-state index is 10.0. The first-order valence-electron chi connectivity index (χ1n) is 6.80. The van der Waals surface area contributed by atoms with Gasteiger partial charge in [-0.25, -0.2) is 0 Å². The molecule has 0 aromatic rings. The van der Waals surface area contributed by atoms with Crippen molar-refractivity contribution in [2.24, 2.45) is 0 Å². The van der Waals surface area contributed by atoms with E-state index in [1.807, 2.05) is 0 Å². The zero-order valence-electron chi connectivity index (χ0n) is 12.1. The van der Waals surface area contributed by atoms with Crippen molar-refractivity contribution in [2.75, 3.05) is 26.4 Å². The van der Waals surface area contributed by atoms with Gasteiger partial charge in [-0.2, -0.15) is 0 Å². The molecule has 2 N–H and O–H groups in total. The van der Waals surface area contributed by atoms with E-state index in [1.165, 1.54) is 0 Å². The van der Waals surface area contributed by atoms with Gasteiger partial charge in [-0.3, -0.25) is 0 Å². The molecule has 1 aliphatic rings. The largest absolute Gasteiger partial charge is 0.385 e. The van der Waals surface area contributed by atoms with E-state index in [0.29, 0.717) is 6.61 Å². The molecule has 1 unspecified atom stereocenters. The van der Waals surface area contributed by atoms with E-state index in [4.69, 9.17) is 18.9 Å². The molecule has 120 valence electrons. The van der Waals surface area contributed by atoms with E-state index in [2.05, 4.69) is 19.7 Å². The van der Waals surface area contributed by atoms with Crippen LogP contribution in [0.2, 0.25) is 0 Å². The molecule has 1 rings (SSSR count). The van der Waals surface area contributed by atoms with Gasteiger partial charge in [-0.1, -0.05) is 18.2 Å². The summed E-state index contributed by atoms with van der Waals surface area (Å²) in [6, 6.07) is 0. The first-order valence-corrected chi connectivity index (χ1v) is 6.80.